The van der Waals surface area contributed by atoms with Crippen LogP contribution in [0.1, 0.15) is 37.7 Å². The first kappa shape index (κ1) is 22.8. The molecule has 32 heavy (non-hydrogen) atoms. The molecule has 2 saturated heterocycles. The summed E-state index contributed by atoms with van der Waals surface area (Å²) < 4.78 is 55.9. The summed E-state index contributed by atoms with van der Waals surface area (Å²) in [7, 11) is -7.62. The van der Waals surface area contributed by atoms with E-state index in [1.807, 2.05) is 0 Å². The minimum absolute atomic E-state index is 0.0285. The van der Waals surface area contributed by atoms with Crippen molar-refractivity contribution in [2.45, 2.75) is 48.8 Å². The third-order valence-corrected chi connectivity index (χ3v) is 9.34. The van der Waals surface area contributed by atoms with E-state index in [1.165, 1.54) is 22.5 Å². The van der Waals surface area contributed by atoms with Crippen LogP contribution in [-0.4, -0.2) is 46.7 Å². The summed E-state index contributed by atoms with van der Waals surface area (Å²) in [5, 5.41) is 0. The van der Waals surface area contributed by atoms with Crippen molar-refractivity contribution < 1.29 is 21.6 Å². The van der Waals surface area contributed by atoms with Gasteiger partial charge in [0.05, 0.1) is 15.5 Å². The fourth-order valence-corrected chi connectivity index (χ4v) is 6.94. The molecule has 0 aromatic heterocycles. The molecule has 2 aliphatic heterocycles. The number of aryl methyl sites for hydroxylation is 1. The molecule has 2 fully saturated rings. The zero-order valence-corrected chi connectivity index (χ0v) is 19.6. The molecule has 2 aliphatic rings. The number of rotatable bonds is 6. The highest BCUT2D eigenvalue weighted by molar-refractivity contribution is 7.92. The fraction of sp³-hybridized carbons (Fsp3) is 0.409. The molecule has 2 aromatic rings. The Morgan fingerprint density at radius 3 is 2.16 bits per heavy atom. The van der Waals surface area contributed by atoms with Crippen molar-refractivity contribution in [3.8, 4) is 0 Å². The molecular formula is C22H27N3O5S2. The Kier molecular flexibility index (Phi) is 6.28. The maximum Gasteiger partial charge on any atom is 0.261 e. The number of hydrogen-bond donors (Lipinski definition) is 1. The lowest BCUT2D eigenvalue weighted by molar-refractivity contribution is -0.117. The molecule has 0 aliphatic carbocycles. The summed E-state index contributed by atoms with van der Waals surface area (Å²) in [5.41, 5.74) is 1.42. The van der Waals surface area contributed by atoms with Crippen LogP contribution in [0.25, 0.3) is 0 Å². The van der Waals surface area contributed by atoms with Gasteiger partial charge in [-0.25, -0.2) is 16.8 Å². The molecule has 1 amide bonds. The summed E-state index contributed by atoms with van der Waals surface area (Å²) in [5.74, 6) is 0.0285. The van der Waals surface area contributed by atoms with Gasteiger partial charge in [-0.2, -0.15) is 4.31 Å². The smallest absolute Gasteiger partial charge is 0.261 e. The lowest BCUT2D eigenvalue weighted by atomic mass is 10.2. The highest BCUT2D eigenvalue weighted by atomic mass is 32.2. The Morgan fingerprint density at radius 2 is 1.53 bits per heavy atom. The van der Waals surface area contributed by atoms with E-state index in [-0.39, 0.29) is 21.4 Å². The van der Waals surface area contributed by atoms with E-state index in [4.69, 9.17) is 0 Å². The topological polar surface area (TPSA) is 104 Å². The number of benzene rings is 2. The number of nitrogens with one attached hydrogen (secondary N) is 1. The third kappa shape index (κ3) is 4.53. The van der Waals surface area contributed by atoms with Crippen molar-refractivity contribution in [1.29, 1.82) is 0 Å². The van der Waals surface area contributed by atoms with Crippen LogP contribution in [0.4, 0.5) is 11.4 Å². The van der Waals surface area contributed by atoms with E-state index >= 15 is 0 Å². The number of anilines is 2. The van der Waals surface area contributed by atoms with Gasteiger partial charge in [0, 0.05) is 31.7 Å². The summed E-state index contributed by atoms with van der Waals surface area (Å²) in [6.07, 6.45) is 3.94. The molecule has 0 unspecified atom stereocenters. The molecule has 0 radical (unpaired) electrons. The van der Waals surface area contributed by atoms with Gasteiger partial charge in [0.1, 0.15) is 0 Å². The maximum atomic E-state index is 13.1. The molecule has 2 aromatic carbocycles. The standard InChI is InChI=1S/C22H27N3O5S2/c1-17-7-8-18(16-21(17)32(29,30)24-13-3-2-4-14-24)23-31(27,28)20-11-9-19(10-12-20)25-15-5-6-22(25)26/h7-12,16,23H,2-6,13-15H2,1H3. The first-order valence-corrected chi connectivity index (χ1v) is 13.6. The SMILES string of the molecule is Cc1ccc(NS(=O)(=O)c2ccc(N3CCCC3=O)cc2)cc1S(=O)(=O)N1CCCCC1. The van der Waals surface area contributed by atoms with E-state index in [9.17, 15) is 21.6 Å². The summed E-state index contributed by atoms with van der Waals surface area (Å²) in [6, 6.07) is 10.7. The Morgan fingerprint density at radius 1 is 0.844 bits per heavy atom. The lowest BCUT2D eigenvalue weighted by Crippen LogP contribution is -2.36. The van der Waals surface area contributed by atoms with E-state index in [1.54, 1.807) is 36.1 Å². The number of carbonyl (C=O) groups excluding carboxylic acids is 1. The first-order chi connectivity index (χ1) is 15.2. The quantitative estimate of drug-likeness (QED) is 0.689. The number of sulfonamides is 2. The number of hydrogen-bond acceptors (Lipinski definition) is 5. The Bertz CT molecular complexity index is 1220. The summed E-state index contributed by atoms with van der Waals surface area (Å²) in [6.45, 7) is 3.28. The van der Waals surface area contributed by atoms with Crippen LogP contribution >= 0.6 is 0 Å². The summed E-state index contributed by atoms with van der Waals surface area (Å²) >= 11 is 0. The van der Waals surface area contributed by atoms with E-state index in [2.05, 4.69) is 4.72 Å². The monoisotopic (exact) mass is 477 g/mol. The highest BCUT2D eigenvalue weighted by Crippen LogP contribution is 2.28. The predicted molar refractivity (Wildman–Crippen MR) is 123 cm³/mol. The molecule has 0 bridgehead atoms. The van der Waals surface area contributed by atoms with Gasteiger partial charge >= 0.3 is 0 Å². The molecular weight excluding hydrogens is 450 g/mol. The van der Waals surface area contributed by atoms with Crippen molar-refractivity contribution in [3.63, 3.8) is 0 Å². The van der Waals surface area contributed by atoms with Crippen molar-refractivity contribution in [1.82, 2.24) is 4.31 Å². The van der Waals surface area contributed by atoms with E-state index < -0.39 is 20.0 Å². The van der Waals surface area contributed by atoms with Crippen LogP contribution in [0.5, 0.6) is 0 Å². The second-order valence-corrected chi connectivity index (χ2v) is 11.8. The zero-order valence-electron chi connectivity index (χ0n) is 18.0. The van der Waals surface area contributed by atoms with Crippen LogP contribution in [0.2, 0.25) is 0 Å². The predicted octanol–water partition coefficient (Wildman–Crippen LogP) is 3.10. The normalized spacial score (nSPS) is 18.2. The number of piperidine rings is 1. The third-order valence-electron chi connectivity index (χ3n) is 5.91. The first-order valence-electron chi connectivity index (χ1n) is 10.7. The van der Waals surface area contributed by atoms with Crippen LogP contribution in [-0.2, 0) is 24.8 Å². The minimum Gasteiger partial charge on any atom is -0.312 e. The van der Waals surface area contributed by atoms with Gasteiger partial charge in [-0.15, -0.1) is 0 Å². The van der Waals surface area contributed by atoms with Gasteiger partial charge in [0.25, 0.3) is 10.0 Å². The fourth-order valence-electron chi connectivity index (χ4n) is 4.13. The van der Waals surface area contributed by atoms with Crippen LogP contribution in [0.15, 0.2) is 52.3 Å². The zero-order chi connectivity index (χ0) is 22.9. The highest BCUT2D eigenvalue weighted by Gasteiger charge is 2.28. The molecule has 0 atom stereocenters. The molecule has 0 spiro atoms. The van der Waals surface area contributed by atoms with E-state index in [0.717, 1.165) is 25.7 Å². The molecule has 2 heterocycles. The van der Waals surface area contributed by atoms with Gasteiger partial charge in [0.2, 0.25) is 15.9 Å². The second kappa shape index (κ2) is 8.84. The van der Waals surface area contributed by atoms with Crippen molar-refractivity contribution in [2.24, 2.45) is 0 Å². The van der Waals surface area contributed by atoms with Gasteiger partial charge in [-0.05, 0) is 68.1 Å². The molecule has 0 saturated carbocycles. The Hall–Kier alpha value is -2.43. The Balaban J connectivity index is 1.57. The number of carbonyl (C=O) groups is 1. The average molecular weight is 478 g/mol. The van der Waals surface area contributed by atoms with Crippen LogP contribution in [0.3, 0.4) is 0 Å². The lowest BCUT2D eigenvalue weighted by Gasteiger charge is -2.26. The number of amides is 1. The van der Waals surface area contributed by atoms with Crippen molar-refractivity contribution in [3.05, 3.63) is 48.0 Å². The number of nitrogens with zero attached hydrogens (tertiary/aromatic N) is 2. The molecule has 10 heteroatoms. The van der Waals surface area contributed by atoms with E-state index in [0.29, 0.717) is 37.3 Å². The van der Waals surface area contributed by atoms with Gasteiger partial charge < -0.3 is 4.90 Å². The van der Waals surface area contributed by atoms with Gasteiger partial charge in [-0.1, -0.05) is 12.5 Å². The van der Waals surface area contributed by atoms with Gasteiger partial charge in [-0.3, -0.25) is 9.52 Å². The molecule has 172 valence electrons. The molecule has 1 N–H and O–H groups in total. The second-order valence-electron chi connectivity index (χ2n) is 8.19. The van der Waals surface area contributed by atoms with Crippen LogP contribution < -0.4 is 9.62 Å². The van der Waals surface area contributed by atoms with Gasteiger partial charge in [0.15, 0.2) is 0 Å². The molecule has 4 rings (SSSR count). The average Bonchev–Trinajstić information content (AvgIpc) is 3.21. The Labute approximate surface area is 189 Å². The minimum atomic E-state index is -3.93. The van der Waals surface area contributed by atoms with Crippen molar-refractivity contribution in [2.75, 3.05) is 29.3 Å². The largest absolute Gasteiger partial charge is 0.312 e. The summed E-state index contributed by atoms with van der Waals surface area (Å²) in [4.78, 5) is 13.7. The molecule has 8 nitrogen and oxygen atoms in total. The maximum absolute atomic E-state index is 13.1. The van der Waals surface area contributed by atoms with Crippen LogP contribution in [0, 0.1) is 6.92 Å². The van der Waals surface area contributed by atoms with Crippen molar-refractivity contribution >= 4 is 37.3 Å².